The van der Waals surface area contributed by atoms with Gasteiger partial charge in [0, 0.05) is 17.2 Å². The summed E-state index contributed by atoms with van der Waals surface area (Å²) in [5, 5.41) is 14.3. The molecule has 9 heteroatoms. The molecular weight excluding hydrogens is 410 g/mol. The third-order valence-electron chi connectivity index (χ3n) is 4.50. The maximum atomic E-state index is 12.6. The fraction of sp³-hybridized carbons (Fsp3) is 0.0476. The van der Waals surface area contributed by atoms with Gasteiger partial charge in [-0.05, 0) is 35.9 Å². The molecule has 0 atom stereocenters. The highest BCUT2D eigenvalue weighted by Crippen LogP contribution is 2.31. The number of nitro benzene ring substituents is 1. The summed E-state index contributed by atoms with van der Waals surface area (Å²) in [6.45, 7) is 0.0960. The van der Waals surface area contributed by atoms with Crippen molar-refractivity contribution < 1.29 is 18.9 Å². The first kappa shape index (κ1) is 19.4. The quantitative estimate of drug-likeness (QED) is 0.279. The van der Waals surface area contributed by atoms with Gasteiger partial charge in [-0.3, -0.25) is 19.8 Å². The van der Waals surface area contributed by atoms with Crippen LogP contribution >= 0.6 is 11.6 Å². The van der Waals surface area contributed by atoms with E-state index in [0.29, 0.717) is 10.6 Å². The number of halogens is 1. The normalized spacial score (nSPS) is 15.0. The average Bonchev–Trinajstić information content (AvgIpc) is 3.30. The van der Waals surface area contributed by atoms with E-state index in [2.05, 4.69) is 5.32 Å². The molecule has 0 saturated carbocycles. The molecule has 30 heavy (non-hydrogen) atoms. The summed E-state index contributed by atoms with van der Waals surface area (Å²) >= 11 is 5.86. The van der Waals surface area contributed by atoms with E-state index in [-0.39, 0.29) is 29.4 Å². The van der Waals surface area contributed by atoms with Gasteiger partial charge in [0.15, 0.2) is 0 Å². The second-order valence-corrected chi connectivity index (χ2v) is 6.92. The van der Waals surface area contributed by atoms with Crippen LogP contribution in [0, 0.1) is 10.1 Å². The fourth-order valence-electron chi connectivity index (χ4n) is 3.05. The molecule has 8 nitrogen and oxygen atoms in total. The van der Waals surface area contributed by atoms with Crippen LogP contribution in [0.4, 0.5) is 10.5 Å². The Morgan fingerprint density at radius 2 is 1.80 bits per heavy atom. The molecule has 1 fully saturated rings. The van der Waals surface area contributed by atoms with Crippen molar-refractivity contribution in [3.05, 3.63) is 92.8 Å². The number of hydrogen-bond donors (Lipinski definition) is 1. The number of nitrogens with zero attached hydrogens (tertiary/aromatic N) is 2. The number of rotatable bonds is 5. The third kappa shape index (κ3) is 3.81. The van der Waals surface area contributed by atoms with Gasteiger partial charge in [-0.1, -0.05) is 35.9 Å². The van der Waals surface area contributed by atoms with Gasteiger partial charge in [-0.25, -0.2) is 4.79 Å². The maximum Gasteiger partial charge on any atom is 0.329 e. The maximum absolute atomic E-state index is 12.6. The van der Waals surface area contributed by atoms with Gasteiger partial charge in [0.1, 0.15) is 17.2 Å². The van der Waals surface area contributed by atoms with Gasteiger partial charge in [0.2, 0.25) is 0 Å². The highest BCUT2D eigenvalue weighted by atomic mass is 35.5. The van der Waals surface area contributed by atoms with Crippen LogP contribution in [0.15, 0.2) is 70.8 Å². The Bertz CT molecular complexity index is 1180. The molecule has 150 valence electrons. The minimum Gasteiger partial charge on any atom is -0.456 e. The highest BCUT2D eigenvalue weighted by molar-refractivity contribution is 6.30. The summed E-state index contributed by atoms with van der Waals surface area (Å²) in [7, 11) is 0. The molecule has 1 saturated heterocycles. The zero-order chi connectivity index (χ0) is 21.3. The summed E-state index contributed by atoms with van der Waals surface area (Å²) in [5.41, 5.74) is 1.03. The number of nitro groups is 1. The van der Waals surface area contributed by atoms with Crippen LogP contribution in [0.5, 0.6) is 0 Å². The zero-order valence-electron chi connectivity index (χ0n) is 15.4. The van der Waals surface area contributed by atoms with Crippen LogP contribution in [0.1, 0.15) is 11.3 Å². The minimum absolute atomic E-state index is 0.0532. The van der Waals surface area contributed by atoms with Gasteiger partial charge in [-0.15, -0.1) is 0 Å². The van der Waals surface area contributed by atoms with Crippen LogP contribution in [-0.4, -0.2) is 21.8 Å². The SMILES string of the molecule is O=C1N/C(=C\c2ccc(-c3ccccc3[N+](=O)[O-])o2)C(=O)N1Cc1ccc(Cl)cc1. The monoisotopic (exact) mass is 423 g/mol. The van der Waals surface area contributed by atoms with E-state index in [1.807, 2.05) is 0 Å². The van der Waals surface area contributed by atoms with Crippen molar-refractivity contribution in [3.63, 3.8) is 0 Å². The third-order valence-corrected chi connectivity index (χ3v) is 4.75. The van der Waals surface area contributed by atoms with Crippen LogP contribution < -0.4 is 5.32 Å². The van der Waals surface area contributed by atoms with Crippen LogP contribution in [0.2, 0.25) is 5.02 Å². The molecule has 0 bridgehead atoms. The number of benzene rings is 2. The molecule has 1 aliphatic rings. The molecule has 3 aromatic rings. The summed E-state index contributed by atoms with van der Waals surface area (Å²) in [6.07, 6.45) is 1.39. The van der Waals surface area contributed by atoms with E-state index in [4.69, 9.17) is 16.0 Å². The van der Waals surface area contributed by atoms with Gasteiger partial charge in [0.25, 0.3) is 11.6 Å². The topological polar surface area (TPSA) is 106 Å². The molecule has 0 unspecified atom stereocenters. The molecule has 0 spiro atoms. The van der Waals surface area contributed by atoms with Crippen molar-refractivity contribution >= 4 is 35.3 Å². The number of amides is 3. The molecule has 1 N–H and O–H groups in total. The number of hydrogen-bond acceptors (Lipinski definition) is 5. The van der Waals surface area contributed by atoms with E-state index in [1.165, 1.54) is 12.1 Å². The number of nitrogens with one attached hydrogen (secondary N) is 1. The Labute approximate surface area is 175 Å². The van der Waals surface area contributed by atoms with Crippen molar-refractivity contribution in [2.45, 2.75) is 6.54 Å². The molecule has 1 aromatic heterocycles. The van der Waals surface area contributed by atoms with E-state index >= 15 is 0 Å². The molecule has 4 rings (SSSR count). The summed E-state index contributed by atoms with van der Waals surface area (Å²) in [5.74, 6) is 0.0580. The standard InChI is InChI=1S/C21H14ClN3O5/c22-14-7-5-13(6-8-14)12-24-20(26)17(23-21(24)27)11-15-9-10-19(30-15)16-3-1-2-4-18(16)25(28)29/h1-11H,12H2,(H,23,27)/b17-11-. The number of imide groups is 1. The first-order chi connectivity index (χ1) is 14.4. The molecular formula is C21H14ClN3O5. The Balaban J connectivity index is 1.56. The molecule has 0 radical (unpaired) electrons. The van der Waals surface area contributed by atoms with Crippen molar-refractivity contribution in [2.24, 2.45) is 0 Å². The lowest BCUT2D eigenvalue weighted by Crippen LogP contribution is -2.30. The lowest BCUT2D eigenvalue weighted by Gasteiger charge is -2.11. The second-order valence-electron chi connectivity index (χ2n) is 6.48. The largest absolute Gasteiger partial charge is 0.456 e. The second kappa shape index (κ2) is 7.84. The van der Waals surface area contributed by atoms with E-state index in [1.54, 1.807) is 54.6 Å². The van der Waals surface area contributed by atoms with Crippen molar-refractivity contribution in [3.8, 4) is 11.3 Å². The van der Waals surface area contributed by atoms with Gasteiger partial charge < -0.3 is 9.73 Å². The minimum atomic E-state index is -0.549. The van der Waals surface area contributed by atoms with Crippen molar-refractivity contribution in [2.75, 3.05) is 0 Å². The smallest absolute Gasteiger partial charge is 0.329 e. The Kier molecular flexibility index (Phi) is 5.07. The molecule has 0 aliphatic carbocycles. The molecule has 2 aromatic carbocycles. The Morgan fingerprint density at radius 1 is 1.07 bits per heavy atom. The lowest BCUT2D eigenvalue weighted by atomic mass is 10.1. The zero-order valence-corrected chi connectivity index (χ0v) is 16.1. The van der Waals surface area contributed by atoms with E-state index in [0.717, 1.165) is 10.5 Å². The van der Waals surface area contributed by atoms with Crippen molar-refractivity contribution in [1.29, 1.82) is 0 Å². The Hall–Kier alpha value is -3.91. The highest BCUT2D eigenvalue weighted by Gasteiger charge is 2.33. The first-order valence-corrected chi connectivity index (χ1v) is 9.23. The van der Waals surface area contributed by atoms with Crippen LogP contribution in [0.3, 0.4) is 0 Å². The van der Waals surface area contributed by atoms with Crippen LogP contribution in [0.25, 0.3) is 17.4 Å². The van der Waals surface area contributed by atoms with Gasteiger partial charge in [0.05, 0.1) is 17.0 Å². The number of para-hydroxylation sites is 1. The summed E-state index contributed by atoms with van der Waals surface area (Å²) in [6, 6.07) is 15.6. The molecule has 3 amide bonds. The van der Waals surface area contributed by atoms with Crippen molar-refractivity contribution in [1.82, 2.24) is 10.2 Å². The van der Waals surface area contributed by atoms with E-state index < -0.39 is 16.9 Å². The summed E-state index contributed by atoms with van der Waals surface area (Å²) in [4.78, 5) is 36.6. The van der Waals surface area contributed by atoms with E-state index in [9.17, 15) is 19.7 Å². The fourth-order valence-corrected chi connectivity index (χ4v) is 3.17. The predicted octanol–water partition coefficient (Wildman–Crippen LogP) is 4.60. The van der Waals surface area contributed by atoms with Crippen LogP contribution in [-0.2, 0) is 11.3 Å². The molecule has 1 aliphatic heterocycles. The number of furan rings is 1. The number of urea groups is 1. The van der Waals surface area contributed by atoms with Gasteiger partial charge in [-0.2, -0.15) is 0 Å². The van der Waals surface area contributed by atoms with Gasteiger partial charge >= 0.3 is 6.03 Å². The summed E-state index contributed by atoms with van der Waals surface area (Å²) < 4.78 is 5.66. The number of carbonyl (C=O) groups is 2. The average molecular weight is 424 g/mol. The lowest BCUT2D eigenvalue weighted by molar-refractivity contribution is -0.384. The number of carbonyl (C=O) groups excluding carboxylic acids is 2. The predicted molar refractivity (Wildman–Crippen MR) is 109 cm³/mol. The Morgan fingerprint density at radius 3 is 2.53 bits per heavy atom. The molecule has 2 heterocycles. The first-order valence-electron chi connectivity index (χ1n) is 8.85.